The molecule has 1 aromatic heterocycles. The van der Waals surface area contributed by atoms with Gasteiger partial charge in [0.15, 0.2) is 11.6 Å². The first-order valence-corrected chi connectivity index (χ1v) is 6.99. The molecule has 1 aliphatic rings. The van der Waals surface area contributed by atoms with Crippen LogP contribution in [0.4, 0.5) is 5.82 Å². The van der Waals surface area contributed by atoms with Crippen molar-refractivity contribution in [1.29, 1.82) is 0 Å². The van der Waals surface area contributed by atoms with E-state index in [1.54, 1.807) is 6.07 Å². The lowest BCUT2D eigenvalue weighted by Gasteiger charge is -2.26. The molecule has 7 heteroatoms. The standard InChI is InChI=1S/C14H16ClN3O2.ClH/c15-11-2-1-3-12(8-11)19-10-13-9-14(17-20-13)18-6-4-16-5-7-18;/h1-3,8-9,16H,4-7,10H2;1H. The van der Waals surface area contributed by atoms with E-state index in [2.05, 4.69) is 15.4 Å². The third-order valence-corrected chi connectivity index (χ3v) is 3.40. The number of halogens is 2. The summed E-state index contributed by atoms with van der Waals surface area (Å²) in [5, 5.41) is 8.05. The van der Waals surface area contributed by atoms with E-state index in [1.807, 2.05) is 24.3 Å². The number of benzene rings is 1. The van der Waals surface area contributed by atoms with Crippen LogP contribution in [0.1, 0.15) is 5.76 Å². The summed E-state index contributed by atoms with van der Waals surface area (Å²) in [6.07, 6.45) is 0. The monoisotopic (exact) mass is 329 g/mol. The minimum atomic E-state index is 0. The van der Waals surface area contributed by atoms with Crippen molar-refractivity contribution in [3.63, 3.8) is 0 Å². The van der Waals surface area contributed by atoms with Crippen molar-refractivity contribution in [3.8, 4) is 5.75 Å². The molecule has 21 heavy (non-hydrogen) atoms. The highest BCUT2D eigenvalue weighted by Gasteiger charge is 2.15. The second-order valence-corrected chi connectivity index (χ2v) is 5.07. The topological polar surface area (TPSA) is 50.5 Å². The van der Waals surface area contributed by atoms with E-state index >= 15 is 0 Å². The Morgan fingerprint density at radius 1 is 1.29 bits per heavy atom. The predicted molar refractivity (Wildman–Crippen MR) is 84.6 cm³/mol. The second kappa shape index (κ2) is 7.54. The Balaban J connectivity index is 0.00000161. The highest BCUT2D eigenvalue weighted by atomic mass is 35.5. The highest BCUT2D eigenvalue weighted by Crippen LogP contribution is 2.20. The SMILES string of the molecule is Cl.Clc1cccc(OCc2cc(N3CCNCC3)no2)c1. The van der Waals surface area contributed by atoms with Crippen molar-refractivity contribution in [2.24, 2.45) is 0 Å². The quantitative estimate of drug-likeness (QED) is 0.934. The van der Waals surface area contributed by atoms with Crippen LogP contribution in [-0.4, -0.2) is 31.3 Å². The van der Waals surface area contributed by atoms with E-state index in [1.165, 1.54) is 0 Å². The maximum absolute atomic E-state index is 5.90. The summed E-state index contributed by atoms with van der Waals surface area (Å²) in [6.45, 7) is 4.18. The Hall–Kier alpha value is -1.43. The van der Waals surface area contributed by atoms with Crippen LogP contribution in [0.3, 0.4) is 0 Å². The molecule has 2 aromatic rings. The molecular formula is C14H17Cl2N3O2. The molecule has 1 saturated heterocycles. The highest BCUT2D eigenvalue weighted by molar-refractivity contribution is 6.30. The van der Waals surface area contributed by atoms with Gasteiger partial charge in [-0.05, 0) is 18.2 Å². The summed E-state index contributed by atoms with van der Waals surface area (Å²) < 4.78 is 10.9. The van der Waals surface area contributed by atoms with Crippen molar-refractivity contribution in [1.82, 2.24) is 10.5 Å². The Bertz CT molecular complexity index is 571. The van der Waals surface area contributed by atoms with Gasteiger partial charge in [0.25, 0.3) is 0 Å². The molecule has 0 radical (unpaired) electrons. The van der Waals surface area contributed by atoms with Crippen molar-refractivity contribution >= 4 is 29.8 Å². The van der Waals surface area contributed by atoms with Crippen LogP contribution in [-0.2, 0) is 6.61 Å². The predicted octanol–water partition coefficient (Wildman–Crippen LogP) is 2.74. The molecule has 1 aliphatic heterocycles. The fourth-order valence-corrected chi connectivity index (χ4v) is 2.30. The molecule has 1 N–H and O–H groups in total. The molecular weight excluding hydrogens is 313 g/mol. The summed E-state index contributed by atoms with van der Waals surface area (Å²) in [7, 11) is 0. The Kier molecular flexibility index (Phi) is 5.73. The fourth-order valence-electron chi connectivity index (χ4n) is 2.12. The number of aromatic nitrogens is 1. The van der Waals surface area contributed by atoms with Crippen LogP contribution in [0.5, 0.6) is 5.75 Å². The number of rotatable bonds is 4. The molecule has 0 atom stereocenters. The second-order valence-electron chi connectivity index (χ2n) is 4.63. The molecule has 0 saturated carbocycles. The van der Waals surface area contributed by atoms with Crippen LogP contribution in [0.15, 0.2) is 34.9 Å². The maximum Gasteiger partial charge on any atom is 0.176 e. The van der Waals surface area contributed by atoms with E-state index in [0.29, 0.717) is 17.4 Å². The molecule has 3 rings (SSSR count). The van der Waals surface area contributed by atoms with Crippen LogP contribution >= 0.6 is 24.0 Å². The van der Waals surface area contributed by atoms with Crippen molar-refractivity contribution < 1.29 is 9.26 Å². The number of ether oxygens (including phenoxy) is 1. The number of nitrogens with zero attached hydrogens (tertiary/aromatic N) is 2. The van der Waals surface area contributed by atoms with Crippen LogP contribution < -0.4 is 15.0 Å². The van der Waals surface area contributed by atoms with E-state index in [4.69, 9.17) is 20.9 Å². The third-order valence-electron chi connectivity index (χ3n) is 3.16. The first-order valence-electron chi connectivity index (χ1n) is 6.61. The van der Waals surface area contributed by atoms with Crippen molar-refractivity contribution in [2.75, 3.05) is 31.1 Å². The Labute approximate surface area is 134 Å². The lowest BCUT2D eigenvalue weighted by Crippen LogP contribution is -2.43. The number of piperazine rings is 1. The average molecular weight is 330 g/mol. The zero-order valence-corrected chi connectivity index (χ0v) is 13.0. The number of nitrogens with one attached hydrogen (secondary N) is 1. The van der Waals surface area contributed by atoms with Gasteiger partial charge in [0, 0.05) is 37.3 Å². The summed E-state index contributed by atoms with van der Waals surface area (Å²) in [5.74, 6) is 2.30. The van der Waals surface area contributed by atoms with E-state index < -0.39 is 0 Å². The lowest BCUT2D eigenvalue weighted by atomic mass is 10.3. The van der Waals surface area contributed by atoms with Crippen LogP contribution in [0.25, 0.3) is 0 Å². The van der Waals surface area contributed by atoms with Gasteiger partial charge < -0.3 is 19.5 Å². The molecule has 114 valence electrons. The molecule has 1 aromatic carbocycles. The zero-order chi connectivity index (χ0) is 13.8. The molecule has 1 fully saturated rings. The summed E-state index contributed by atoms with van der Waals surface area (Å²) >= 11 is 5.90. The first-order chi connectivity index (χ1) is 9.81. The van der Waals surface area contributed by atoms with Gasteiger partial charge in [0.2, 0.25) is 0 Å². The van der Waals surface area contributed by atoms with Gasteiger partial charge in [-0.15, -0.1) is 12.4 Å². The first kappa shape index (κ1) is 15.9. The summed E-state index contributed by atoms with van der Waals surface area (Å²) in [4.78, 5) is 2.20. The van der Waals surface area contributed by atoms with Gasteiger partial charge in [-0.25, -0.2) is 0 Å². The fraction of sp³-hybridized carbons (Fsp3) is 0.357. The Morgan fingerprint density at radius 2 is 2.10 bits per heavy atom. The molecule has 2 heterocycles. The molecule has 0 unspecified atom stereocenters. The number of hydrogen-bond acceptors (Lipinski definition) is 5. The van der Waals surface area contributed by atoms with Gasteiger partial charge in [0.05, 0.1) is 0 Å². The molecule has 0 amide bonds. The average Bonchev–Trinajstić information content (AvgIpc) is 2.95. The van der Waals surface area contributed by atoms with Gasteiger partial charge in [-0.1, -0.05) is 22.8 Å². The van der Waals surface area contributed by atoms with Gasteiger partial charge in [-0.2, -0.15) is 0 Å². The smallest absolute Gasteiger partial charge is 0.176 e. The minimum Gasteiger partial charge on any atom is -0.485 e. The Morgan fingerprint density at radius 3 is 2.86 bits per heavy atom. The van der Waals surface area contributed by atoms with Crippen LogP contribution in [0, 0.1) is 0 Å². The van der Waals surface area contributed by atoms with E-state index in [-0.39, 0.29) is 12.4 Å². The summed E-state index contributed by atoms with van der Waals surface area (Å²) in [6, 6.07) is 9.22. The normalized spacial score (nSPS) is 14.6. The zero-order valence-electron chi connectivity index (χ0n) is 11.4. The van der Waals surface area contributed by atoms with Crippen LogP contribution in [0.2, 0.25) is 5.02 Å². The van der Waals surface area contributed by atoms with Crippen molar-refractivity contribution in [2.45, 2.75) is 6.61 Å². The lowest BCUT2D eigenvalue weighted by molar-refractivity contribution is 0.249. The number of hydrogen-bond donors (Lipinski definition) is 1. The van der Waals surface area contributed by atoms with E-state index in [0.717, 1.165) is 37.7 Å². The maximum atomic E-state index is 5.90. The largest absolute Gasteiger partial charge is 0.485 e. The van der Waals surface area contributed by atoms with Gasteiger partial charge >= 0.3 is 0 Å². The molecule has 0 spiro atoms. The molecule has 0 aliphatic carbocycles. The van der Waals surface area contributed by atoms with Gasteiger partial charge in [0.1, 0.15) is 12.4 Å². The van der Waals surface area contributed by atoms with E-state index in [9.17, 15) is 0 Å². The van der Waals surface area contributed by atoms with Gasteiger partial charge in [-0.3, -0.25) is 0 Å². The minimum absolute atomic E-state index is 0. The van der Waals surface area contributed by atoms with Crippen molar-refractivity contribution in [3.05, 3.63) is 41.1 Å². The number of anilines is 1. The summed E-state index contributed by atoms with van der Waals surface area (Å²) in [5.41, 5.74) is 0. The molecule has 0 bridgehead atoms. The third kappa shape index (κ3) is 4.27. The molecule has 5 nitrogen and oxygen atoms in total.